The van der Waals surface area contributed by atoms with E-state index in [1.54, 1.807) is 0 Å². The van der Waals surface area contributed by atoms with Gasteiger partial charge in [0.25, 0.3) is 0 Å². The fraction of sp³-hybridized carbons (Fsp3) is 0.588. The van der Waals surface area contributed by atoms with Crippen LogP contribution in [0.3, 0.4) is 0 Å². The van der Waals surface area contributed by atoms with Gasteiger partial charge in [0.05, 0.1) is 0 Å². The fourth-order valence-electron chi connectivity index (χ4n) is 2.25. The Bertz CT molecular complexity index is 406. The lowest BCUT2D eigenvalue weighted by molar-refractivity contribution is -0.119. The number of rotatable bonds is 10. The van der Waals surface area contributed by atoms with Crippen molar-refractivity contribution in [3.05, 3.63) is 34.9 Å². The molecular weight excluding hydrogens is 288 g/mol. The fourth-order valence-corrected chi connectivity index (χ4v) is 3.68. The van der Waals surface area contributed by atoms with Crippen LogP contribution < -0.4 is 0 Å². The van der Waals surface area contributed by atoms with Crippen molar-refractivity contribution in [2.45, 2.75) is 57.6 Å². The third-order valence-corrected chi connectivity index (χ3v) is 4.84. The molecule has 0 amide bonds. The summed E-state index contributed by atoms with van der Waals surface area (Å²) < 4.78 is 0. The van der Waals surface area contributed by atoms with E-state index in [2.05, 4.69) is 13.8 Å². The Hall–Kier alpha value is -0.470. The zero-order valence-electron chi connectivity index (χ0n) is 12.5. The SMILES string of the molecule is CCCCCCC(=O)C[C@H](SCC)c1ccccc1Cl. The lowest BCUT2D eigenvalue weighted by atomic mass is 10.0. The van der Waals surface area contributed by atoms with Crippen molar-refractivity contribution in [3.63, 3.8) is 0 Å². The average Bonchev–Trinajstić information content (AvgIpc) is 2.44. The Morgan fingerprint density at radius 3 is 2.60 bits per heavy atom. The lowest BCUT2D eigenvalue weighted by Crippen LogP contribution is -2.05. The summed E-state index contributed by atoms with van der Waals surface area (Å²) in [5.74, 6) is 1.37. The number of unbranched alkanes of at least 4 members (excludes halogenated alkanes) is 3. The van der Waals surface area contributed by atoms with Gasteiger partial charge >= 0.3 is 0 Å². The molecule has 0 aliphatic rings. The highest BCUT2D eigenvalue weighted by atomic mass is 35.5. The molecule has 20 heavy (non-hydrogen) atoms. The number of carbonyl (C=O) groups excluding carboxylic acids is 1. The normalized spacial score (nSPS) is 12.3. The predicted octanol–water partition coefficient (Wildman–Crippen LogP) is 6.06. The van der Waals surface area contributed by atoms with Crippen LogP contribution in [0.25, 0.3) is 0 Å². The van der Waals surface area contributed by atoms with Gasteiger partial charge < -0.3 is 0 Å². The van der Waals surface area contributed by atoms with E-state index in [4.69, 9.17) is 11.6 Å². The van der Waals surface area contributed by atoms with E-state index in [1.165, 1.54) is 19.3 Å². The molecule has 0 heterocycles. The lowest BCUT2D eigenvalue weighted by Gasteiger charge is -2.17. The third kappa shape index (κ3) is 6.32. The number of halogens is 1. The molecule has 0 radical (unpaired) electrons. The third-order valence-electron chi connectivity index (χ3n) is 3.34. The molecule has 0 spiro atoms. The molecule has 0 aromatic heterocycles. The van der Waals surface area contributed by atoms with Crippen LogP contribution in [-0.2, 0) is 4.79 Å². The molecule has 1 atom stereocenters. The van der Waals surface area contributed by atoms with Gasteiger partial charge in [-0.2, -0.15) is 11.8 Å². The Labute approximate surface area is 132 Å². The van der Waals surface area contributed by atoms with Crippen molar-refractivity contribution < 1.29 is 4.79 Å². The van der Waals surface area contributed by atoms with Gasteiger partial charge in [0.1, 0.15) is 5.78 Å². The molecule has 0 N–H and O–H groups in total. The summed E-state index contributed by atoms with van der Waals surface area (Å²) in [7, 11) is 0. The Kier molecular flexibility index (Phi) is 9.04. The highest BCUT2D eigenvalue weighted by Gasteiger charge is 2.17. The maximum absolute atomic E-state index is 12.1. The van der Waals surface area contributed by atoms with Crippen LogP contribution in [0, 0.1) is 0 Å². The van der Waals surface area contributed by atoms with Gasteiger partial charge in [-0.25, -0.2) is 0 Å². The molecule has 1 aromatic rings. The molecule has 0 saturated carbocycles. The van der Waals surface area contributed by atoms with Crippen LogP contribution in [0.1, 0.15) is 63.2 Å². The maximum Gasteiger partial charge on any atom is 0.134 e. The van der Waals surface area contributed by atoms with Crippen LogP contribution in [0.15, 0.2) is 24.3 Å². The first kappa shape index (κ1) is 17.6. The van der Waals surface area contributed by atoms with E-state index in [0.717, 1.165) is 22.8 Å². The van der Waals surface area contributed by atoms with Crippen LogP contribution in [-0.4, -0.2) is 11.5 Å². The summed E-state index contributed by atoms with van der Waals surface area (Å²) in [5, 5.41) is 0.976. The van der Waals surface area contributed by atoms with E-state index < -0.39 is 0 Å². The van der Waals surface area contributed by atoms with Gasteiger partial charge in [-0.15, -0.1) is 0 Å². The summed E-state index contributed by atoms with van der Waals surface area (Å²) in [6.45, 7) is 4.31. The number of ketones is 1. The van der Waals surface area contributed by atoms with E-state index in [1.807, 2.05) is 36.0 Å². The first-order valence-electron chi connectivity index (χ1n) is 7.56. The molecule has 3 heteroatoms. The Morgan fingerprint density at radius 2 is 1.95 bits per heavy atom. The van der Waals surface area contributed by atoms with Crippen LogP contribution in [0.2, 0.25) is 5.02 Å². The van der Waals surface area contributed by atoms with Gasteiger partial charge in [0.2, 0.25) is 0 Å². The summed E-state index contributed by atoms with van der Waals surface area (Å²) >= 11 is 8.07. The molecular formula is C17H25ClOS. The van der Waals surface area contributed by atoms with Gasteiger partial charge in [0, 0.05) is 23.1 Å². The van der Waals surface area contributed by atoms with Crippen LogP contribution in [0.4, 0.5) is 0 Å². The van der Waals surface area contributed by atoms with Crippen molar-refractivity contribution in [1.82, 2.24) is 0 Å². The number of hydrogen-bond donors (Lipinski definition) is 0. The monoisotopic (exact) mass is 312 g/mol. The van der Waals surface area contributed by atoms with Gasteiger partial charge in [0.15, 0.2) is 0 Å². The smallest absolute Gasteiger partial charge is 0.134 e. The van der Waals surface area contributed by atoms with Crippen LogP contribution >= 0.6 is 23.4 Å². The molecule has 1 aromatic carbocycles. The molecule has 1 rings (SSSR count). The molecule has 0 unspecified atom stereocenters. The topological polar surface area (TPSA) is 17.1 Å². The minimum absolute atomic E-state index is 0.201. The molecule has 0 fully saturated rings. The van der Waals surface area contributed by atoms with Crippen molar-refractivity contribution in [2.24, 2.45) is 0 Å². The highest BCUT2D eigenvalue weighted by molar-refractivity contribution is 7.99. The second-order valence-corrected chi connectivity index (χ2v) is 6.91. The molecule has 0 saturated heterocycles. The number of hydrogen-bond acceptors (Lipinski definition) is 2. The van der Waals surface area contributed by atoms with Gasteiger partial charge in [-0.05, 0) is 23.8 Å². The standard InChI is InChI=1S/C17H25ClOS/c1-3-5-6-7-10-14(19)13-17(20-4-2)15-11-8-9-12-16(15)18/h8-9,11-12,17H,3-7,10,13H2,1-2H3/t17-/m0/s1. The first-order chi connectivity index (χ1) is 9.69. The zero-order chi connectivity index (χ0) is 14.8. The van der Waals surface area contributed by atoms with Gasteiger partial charge in [-0.3, -0.25) is 4.79 Å². The minimum atomic E-state index is 0.201. The number of thioether (sulfide) groups is 1. The van der Waals surface area contributed by atoms with E-state index in [0.29, 0.717) is 18.6 Å². The molecule has 0 aliphatic heterocycles. The zero-order valence-corrected chi connectivity index (χ0v) is 14.1. The second kappa shape index (κ2) is 10.3. The molecule has 0 bridgehead atoms. The Morgan fingerprint density at radius 1 is 1.20 bits per heavy atom. The van der Waals surface area contributed by atoms with Crippen molar-refractivity contribution in [3.8, 4) is 0 Å². The van der Waals surface area contributed by atoms with Crippen LogP contribution in [0.5, 0.6) is 0 Å². The van der Waals surface area contributed by atoms with Crippen molar-refractivity contribution >= 4 is 29.1 Å². The molecule has 1 nitrogen and oxygen atoms in total. The van der Waals surface area contributed by atoms with Crippen molar-refractivity contribution in [1.29, 1.82) is 0 Å². The summed E-state index contributed by atoms with van der Waals surface area (Å²) in [6.07, 6.45) is 5.95. The average molecular weight is 313 g/mol. The summed E-state index contributed by atoms with van der Waals surface area (Å²) in [6, 6.07) is 7.88. The van der Waals surface area contributed by atoms with Crippen molar-refractivity contribution in [2.75, 3.05) is 5.75 Å². The highest BCUT2D eigenvalue weighted by Crippen LogP contribution is 2.36. The summed E-state index contributed by atoms with van der Waals surface area (Å²) in [4.78, 5) is 12.1. The quantitative estimate of drug-likeness (QED) is 0.488. The maximum atomic E-state index is 12.1. The van der Waals surface area contributed by atoms with Gasteiger partial charge in [-0.1, -0.05) is 62.9 Å². The Balaban J connectivity index is 2.55. The van der Waals surface area contributed by atoms with E-state index >= 15 is 0 Å². The molecule has 112 valence electrons. The molecule has 0 aliphatic carbocycles. The first-order valence-corrected chi connectivity index (χ1v) is 8.99. The number of benzene rings is 1. The summed E-state index contributed by atoms with van der Waals surface area (Å²) in [5.41, 5.74) is 1.10. The number of Topliss-reactive ketones (excluding diaryl/α,β-unsaturated/α-hetero) is 1. The minimum Gasteiger partial charge on any atom is -0.300 e. The largest absolute Gasteiger partial charge is 0.300 e. The second-order valence-electron chi connectivity index (χ2n) is 5.02. The van der Waals surface area contributed by atoms with E-state index in [-0.39, 0.29) is 5.25 Å². The number of carbonyl (C=O) groups is 1. The predicted molar refractivity (Wildman–Crippen MR) is 90.7 cm³/mol. The van der Waals surface area contributed by atoms with E-state index in [9.17, 15) is 4.79 Å².